The van der Waals surface area contributed by atoms with Crippen LogP contribution in [-0.4, -0.2) is 20.4 Å². The second-order valence-corrected chi connectivity index (χ2v) is 4.66. The van der Waals surface area contributed by atoms with Crippen LogP contribution in [-0.2, 0) is 0 Å². The van der Waals surface area contributed by atoms with E-state index in [2.05, 4.69) is 22.3 Å². The molecule has 0 N–H and O–H groups in total. The first-order chi connectivity index (χ1) is 4.34. The molecule has 1 nitrogen and oxygen atoms in total. The molecule has 0 amide bonds. The van der Waals surface area contributed by atoms with Crippen LogP contribution in [0, 0.1) is 11.3 Å². The van der Waals surface area contributed by atoms with Crippen LogP contribution in [0.3, 0.4) is 0 Å². The van der Waals surface area contributed by atoms with Gasteiger partial charge in [0.1, 0.15) is 0 Å². The Hall–Kier alpha value is -0.240. The molecule has 9 heavy (non-hydrogen) atoms. The van der Waals surface area contributed by atoms with Crippen LogP contribution in [0.25, 0.3) is 0 Å². The van der Waals surface area contributed by atoms with Crippen molar-refractivity contribution in [3.8, 4) is 6.07 Å². The van der Waals surface area contributed by atoms with Crippen LogP contribution >= 0.6 is 0 Å². The van der Waals surface area contributed by atoms with Crippen molar-refractivity contribution in [3.63, 3.8) is 0 Å². The topological polar surface area (TPSA) is 23.8 Å². The summed E-state index contributed by atoms with van der Waals surface area (Å²) in [6.45, 7) is 1.96. The molecule has 1 aromatic heterocycles. The Kier molecular flexibility index (Phi) is 2.34. The summed E-state index contributed by atoms with van der Waals surface area (Å²) in [4.78, 5) is 0. The first-order valence-corrected chi connectivity index (χ1v) is 5.28. The van der Waals surface area contributed by atoms with Gasteiger partial charge in [0.25, 0.3) is 0 Å². The van der Waals surface area contributed by atoms with Crippen molar-refractivity contribution in [2.45, 2.75) is 12.8 Å². The Bertz CT molecular complexity index is 207. The molecule has 1 unspecified atom stereocenters. The van der Waals surface area contributed by atoms with Crippen LogP contribution in [0.15, 0.2) is 16.2 Å². The van der Waals surface area contributed by atoms with Gasteiger partial charge in [-0.05, 0) is 0 Å². The molecule has 0 aliphatic carbocycles. The van der Waals surface area contributed by atoms with Crippen molar-refractivity contribution in [2.24, 2.45) is 0 Å². The summed E-state index contributed by atoms with van der Waals surface area (Å²) in [6.07, 6.45) is 0. The molecule has 0 spiro atoms. The SMILES string of the molecule is CC(C#N)c1ccc[te]1. The van der Waals surface area contributed by atoms with E-state index in [1.165, 1.54) is 3.58 Å². The van der Waals surface area contributed by atoms with Gasteiger partial charge in [0.05, 0.1) is 0 Å². The van der Waals surface area contributed by atoms with Gasteiger partial charge in [-0.15, -0.1) is 0 Å². The van der Waals surface area contributed by atoms with Gasteiger partial charge in [0.2, 0.25) is 0 Å². The van der Waals surface area contributed by atoms with E-state index in [-0.39, 0.29) is 26.3 Å². The third kappa shape index (κ3) is 1.58. The fourth-order valence-corrected chi connectivity index (χ4v) is 2.68. The van der Waals surface area contributed by atoms with E-state index in [9.17, 15) is 0 Å². The zero-order chi connectivity index (χ0) is 6.69. The van der Waals surface area contributed by atoms with Crippen molar-refractivity contribution in [3.05, 3.63) is 19.8 Å². The maximum absolute atomic E-state index is 8.50. The van der Waals surface area contributed by atoms with E-state index in [1.54, 1.807) is 0 Å². The third-order valence-electron chi connectivity index (χ3n) is 1.16. The minimum atomic E-state index is -0.0721. The Morgan fingerprint density at radius 2 is 2.56 bits per heavy atom. The van der Waals surface area contributed by atoms with Crippen LogP contribution in [0.5, 0.6) is 0 Å². The number of hydrogen-bond donors (Lipinski definition) is 0. The summed E-state index contributed by atoms with van der Waals surface area (Å²) in [5.74, 6) is 0.155. The fraction of sp³-hybridized carbons (Fsp3) is 0.286. The maximum atomic E-state index is 8.50. The number of nitrogens with zero attached hydrogens (tertiary/aromatic N) is 1. The molecule has 0 fully saturated rings. The molecule has 0 aromatic carbocycles. The Labute approximate surface area is 64.5 Å². The second-order valence-electron chi connectivity index (χ2n) is 1.87. The van der Waals surface area contributed by atoms with Gasteiger partial charge in [-0.3, -0.25) is 0 Å². The first-order valence-electron chi connectivity index (χ1n) is 2.77. The standard InChI is InChI=1S/C7H7NTe/c1-6(5-8)7-3-2-4-9-7/h2-4,6H,1H3. The van der Waals surface area contributed by atoms with Gasteiger partial charge in [-0.2, -0.15) is 0 Å². The van der Waals surface area contributed by atoms with Crippen molar-refractivity contribution in [1.82, 2.24) is 0 Å². The van der Waals surface area contributed by atoms with Gasteiger partial charge >= 0.3 is 64.4 Å². The normalized spacial score (nSPS) is 12.4. The van der Waals surface area contributed by atoms with E-state index in [1.807, 2.05) is 6.92 Å². The molecule has 0 aliphatic rings. The molecule has 1 heterocycles. The number of rotatable bonds is 1. The fourth-order valence-electron chi connectivity index (χ4n) is 0.601. The Morgan fingerprint density at radius 1 is 1.78 bits per heavy atom. The number of hydrogen-bond acceptors (Lipinski definition) is 1. The Morgan fingerprint density at radius 3 is 3.00 bits per heavy atom. The van der Waals surface area contributed by atoms with Gasteiger partial charge in [0.15, 0.2) is 0 Å². The van der Waals surface area contributed by atoms with Crippen LogP contribution < -0.4 is 0 Å². The number of nitriles is 1. The van der Waals surface area contributed by atoms with Crippen LogP contribution in [0.1, 0.15) is 16.4 Å². The summed E-state index contributed by atoms with van der Waals surface area (Å²) < 4.78 is 3.57. The van der Waals surface area contributed by atoms with E-state index in [4.69, 9.17) is 5.26 Å². The molecule has 0 radical (unpaired) electrons. The van der Waals surface area contributed by atoms with E-state index in [0.717, 1.165) is 0 Å². The summed E-state index contributed by atoms with van der Waals surface area (Å²) >= 11 is -0.0721. The molecular weight excluding hydrogens is 226 g/mol. The van der Waals surface area contributed by atoms with Gasteiger partial charge in [-0.1, -0.05) is 0 Å². The Balaban J connectivity index is 2.80. The molecule has 1 atom stereocenters. The first kappa shape index (κ1) is 6.87. The van der Waals surface area contributed by atoms with Crippen LogP contribution in [0.2, 0.25) is 0 Å². The monoisotopic (exact) mass is 235 g/mol. The molecule has 0 saturated carbocycles. The van der Waals surface area contributed by atoms with Crippen molar-refractivity contribution >= 4 is 20.4 Å². The molecule has 0 bridgehead atoms. The van der Waals surface area contributed by atoms with E-state index in [0.29, 0.717) is 0 Å². The van der Waals surface area contributed by atoms with Gasteiger partial charge < -0.3 is 0 Å². The molecule has 1 rings (SSSR count). The molecule has 0 aliphatic heterocycles. The van der Waals surface area contributed by atoms with Crippen molar-refractivity contribution in [1.29, 1.82) is 5.26 Å². The quantitative estimate of drug-likeness (QED) is 0.671. The summed E-state index contributed by atoms with van der Waals surface area (Å²) in [7, 11) is 0. The van der Waals surface area contributed by atoms with Gasteiger partial charge in [-0.25, -0.2) is 0 Å². The summed E-state index contributed by atoms with van der Waals surface area (Å²) in [5, 5.41) is 8.50. The molecule has 1 aromatic rings. The third-order valence-corrected chi connectivity index (χ3v) is 4.17. The molecule has 46 valence electrons. The molecule has 2 heteroatoms. The van der Waals surface area contributed by atoms with Crippen molar-refractivity contribution < 1.29 is 0 Å². The zero-order valence-electron chi connectivity index (χ0n) is 5.16. The van der Waals surface area contributed by atoms with Crippen molar-refractivity contribution in [2.75, 3.05) is 0 Å². The second kappa shape index (κ2) is 3.06. The van der Waals surface area contributed by atoms with E-state index >= 15 is 0 Å². The summed E-state index contributed by atoms with van der Waals surface area (Å²) in [5.41, 5.74) is 0. The zero-order valence-corrected chi connectivity index (χ0v) is 7.50. The average Bonchev–Trinajstić information content (AvgIpc) is 2.37. The minimum absolute atomic E-state index is 0.0721. The molecular formula is C7H7NTe. The van der Waals surface area contributed by atoms with E-state index < -0.39 is 0 Å². The average molecular weight is 233 g/mol. The predicted molar refractivity (Wildman–Crippen MR) is 37.4 cm³/mol. The predicted octanol–water partition coefficient (Wildman–Crippen LogP) is 1.37. The summed E-state index contributed by atoms with van der Waals surface area (Å²) in [6, 6.07) is 6.37. The molecule has 0 saturated heterocycles. The van der Waals surface area contributed by atoms with Crippen LogP contribution in [0.4, 0.5) is 0 Å². The van der Waals surface area contributed by atoms with Gasteiger partial charge in [0, 0.05) is 0 Å².